The maximum atomic E-state index is 6.47. The standard InChI is InChI=1S/C35H24ClN3/c36-27-18-12-17-26(23-27)32-31(29-21-10-11-22-30(29)37-32)35-38-33(24-13-4-1-5-14-24)34(25-15-6-2-7-16-25)39(35)28-19-8-3-9-20-28/h1-23,37H. The predicted octanol–water partition coefficient (Wildman–Crippen LogP) is 9.67. The van der Waals surface area contributed by atoms with Gasteiger partial charge < -0.3 is 4.98 Å². The molecule has 0 aliphatic heterocycles. The molecule has 3 nitrogen and oxygen atoms in total. The summed E-state index contributed by atoms with van der Waals surface area (Å²) in [5.41, 5.74) is 9.28. The number of aromatic amines is 1. The van der Waals surface area contributed by atoms with Gasteiger partial charge in [-0.05, 0) is 30.3 Å². The van der Waals surface area contributed by atoms with E-state index in [-0.39, 0.29) is 0 Å². The molecule has 1 N–H and O–H groups in total. The van der Waals surface area contributed by atoms with Gasteiger partial charge in [0.15, 0.2) is 0 Å². The predicted molar refractivity (Wildman–Crippen MR) is 162 cm³/mol. The van der Waals surface area contributed by atoms with E-state index in [1.165, 1.54) is 0 Å². The molecule has 0 aliphatic rings. The summed E-state index contributed by atoms with van der Waals surface area (Å²) in [6.45, 7) is 0. The van der Waals surface area contributed by atoms with Gasteiger partial charge in [-0.15, -0.1) is 0 Å². The third-order valence-corrected chi connectivity index (χ3v) is 7.26. The quantitative estimate of drug-likeness (QED) is 0.240. The van der Waals surface area contributed by atoms with Crippen LogP contribution in [0.2, 0.25) is 5.02 Å². The van der Waals surface area contributed by atoms with Gasteiger partial charge in [-0.2, -0.15) is 0 Å². The van der Waals surface area contributed by atoms with Crippen molar-refractivity contribution >= 4 is 22.5 Å². The minimum Gasteiger partial charge on any atom is -0.354 e. The molecule has 0 saturated carbocycles. The van der Waals surface area contributed by atoms with E-state index in [0.29, 0.717) is 5.02 Å². The lowest BCUT2D eigenvalue weighted by atomic mass is 10.0. The van der Waals surface area contributed by atoms with Crippen LogP contribution in [0.5, 0.6) is 0 Å². The normalized spacial score (nSPS) is 11.2. The lowest BCUT2D eigenvalue weighted by Gasteiger charge is -2.14. The van der Waals surface area contributed by atoms with Gasteiger partial charge >= 0.3 is 0 Å². The van der Waals surface area contributed by atoms with E-state index in [1.807, 2.05) is 36.4 Å². The Hall–Kier alpha value is -4.86. The van der Waals surface area contributed by atoms with Crippen molar-refractivity contribution in [2.24, 2.45) is 0 Å². The SMILES string of the molecule is Clc1cccc(-c2[nH]c3ccccc3c2-c2nc(-c3ccccc3)c(-c3ccccc3)n2-c2ccccc2)c1. The number of halogens is 1. The molecule has 0 aliphatic carbocycles. The van der Waals surface area contributed by atoms with Crippen LogP contribution < -0.4 is 0 Å². The Balaban J connectivity index is 1.64. The molecule has 7 rings (SSSR count). The molecule has 0 fully saturated rings. The minimum absolute atomic E-state index is 0.693. The summed E-state index contributed by atoms with van der Waals surface area (Å²) in [4.78, 5) is 9.13. The first-order valence-corrected chi connectivity index (χ1v) is 13.3. The molecule has 0 bridgehead atoms. The van der Waals surface area contributed by atoms with E-state index >= 15 is 0 Å². The van der Waals surface area contributed by atoms with Gasteiger partial charge in [-0.3, -0.25) is 4.57 Å². The third kappa shape index (κ3) is 4.14. The highest BCUT2D eigenvalue weighted by Gasteiger charge is 2.26. The van der Waals surface area contributed by atoms with Crippen LogP contribution in [0.3, 0.4) is 0 Å². The number of aromatic nitrogens is 3. The first-order valence-electron chi connectivity index (χ1n) is 12.9. The van der Waals surface area contributed by atoms with E-state index in [2.05, 4.69) is 113 Å². The molecule has 39 heavy (non-hydrogen) atoms. The average Bonchev–Trinajstić information content (AvgIpc) is 3.58. The highest BCUT2D eigenvalue weighted by Crippen LogP contribution is 2.44. The monoisotopic (exact) mass is 521 g/mol. The van der Waals surface area contributed by atoms with Crippen molar-refractivity contribution in [2.45, 2.75) is 0 Å². The molecule has 5 aromatic carbocycles. The molecule has 0 unspecified atom stereocenters. The van der Waals surface area contributed by atoms with Gasteiger partial charge in [-0.1, -0.05) is 121 Å². The first kappa shape index (κ1) is 23.3. The Morgan fingerprint density at radius 3 is 1.92 bits per heavy atom. The van der Waals surface area contributed by atoms with Crippen molar-refractivity contribution in [3.8, 4) is 50.8 Å². The summed E-state index contributed by atoms with van der Waals surface area (Å²) in [5, 5.41) is 1.80. The van der Waals surface area contributed by atoms with Crippen molar-refractivity contribution < 1.29 is 0 Å². The largest absolute Gasteiger partial charge is 0.354 e. The number of hydrogen-bond donors (Lipinski definition) is 1. The van der Waals surface area contributed by atoms with E-state index in [1.54, 1.807) is 0 Å². The summed E-state index contributed by atoms with van der Waals surface area (Å²) in [6.07, 6.45) is 0. The fourth-order valence-corrected chi connectivity index (χ4v) is 5.50. The molecule has 0 spiro atoms. The van der Waals surface area contributed by atoms with Crippen LogP contribution >= 0.6 is 11.6 Å². The van der Waals surface area contributed by atoms with Crippen LogP contribution in [0.15, 0.2) is 140 Å². The van der Waals surface area contributed by atoms with Gasteiger partial charge in [0, 0.05) is 38.3 Å². The summed E-state index contributed by atoms with van der Waals surface area (Å²) in [5.74, 6) is 0.867. The summed E-state index contributed by atoms with van der Waals surface area (Å²) in [6, 6.07) is 47.8. The smallest absolute Gasteiger partial charge is 0.148 e. The molecule has 186 valence electrons. The fourth-order valence-electron chi connectivity index (χ4n) is 5.31. The number of nitrogens with zero attached hydrogens (tertiary/aromatic N) is 2. The highest BCUT2D eigenvalue weighted by atomic mass is 35.5. The molecule has 7 aromatic rings. The Bertz CT molecular complexity index is 1900. The van der Waals surface area contributed by atoms with Crippen molar-refractivity contribution in [3.05, 3.63) is 145 Å². The number of fused-ring (bicyclic) bond motifs is 1. The molecule has 0 amide bonds. The molecule has 0 radical (unpaired) electrons. The lowest BCUT2D eigenvalue weighted by molar-refractivity contribution is 1.08. The van der Waals surface area contributed by atoms with Crippen LogP contribution in [-0.2, 0) is 0 Å². The molecular formula is C35H24ClN3. The van der Waals surface area contributed by atoms with Gasteiger partial charge in [-0.25, -0.2) is 4.98 Å². The van der Waals surface area contributed by atoms with Crippen LogP contribution in [0, 0.1) is 0 Å². The van der Waals surface area contributed by atoms with Gasteiger partial charge in [0.25, 0.3) is 0 Å². The number of nitrogens with one attached hydrogen (secondary N) is 1. The van der Waals surface area contributed by atoms with E-state index < -0.39 is 0 Å². The van der Waals surface area contributed by atoms with Gasteiger partial charge in [0.05, 0.1) is 22.6 Å². The molecule has 4 heteroatoms. The zero-order valence-electron chi connectivity index (χ0n) is 21.1. The summed E-state index contributed by atoms with van der Waals surface area (Å²) in [7, 11) is 0. The average molecular weight is 522 g/mol. The van der Waals surface area contributed by atoms with Crippen LogP contribution in [0.4, 0.5) is 0 Å². The Labute approximate surface area is 232 Å². The summed E-state index contributed by atoms with van der Waals surface area (Å²) >= 11 is 6.47. The lowest BCUT2D eigenvalue weighted by Crippen LogP contribution is -2.00. The molecular weight excluding hydrogens is 498 g/mol. The van der Waals surface area contributed by atoms with Crippen LogP contribution in [0.25, 0.3) is 61.8 Å². The van der Waals surface area contributed by atoms with Crippen molar-refractivity contribution in [2.75, 3.05) is 0 Å². The molecule has 0 saturated heterocycles. The minimum atomic E-state index is 0.693. The Morgan fingerprint density at radius 1 is 0.590 bits per heavy atom. The number of hydrogen-bond acceptors (Lipinski definition) is 1. The van der Waals surface area contributed by atoms with E-state index in [9.17, 15) is 0 Å². The maximum Gasteiger partial charge on any atom is 0.148 e. The highest BCUT2D eigenvalue weighted by molar-refractivity contribution is 6.30. The second-order valence-corrected chi connectivity index (χ2v) is 9.90. The van der Waals surface area contributed by atoms with Gasteiger partial charge in [0.1, 0.15) is 5.82 Å². The van der Waals surface area contributed by atoms with Crippen molar-refractivity contribution in [3.63, 3.8) is 0 Å². The third-order valence-electron chi connectivity index (χ3n) is 7.03. The van der Waals surface area contributed by atoms with E-state index in [4.69, 9.17) is 16.6 Å². The second kappa shape index (κ2) is 9.79. The van der Waals surface area contributed by atoms with E-state index in [0.717, 1.165) is 61.8 Å². The fraction of sp³-hybridized carbons (Fsp3) is 0. The Morgan fingerprint density at radius 2 is 1.21 bits per heavy atom. The zero-order chi connectivity index (χ0) is 26.2. The molecule has 2 heterocycles. The zero-order valence-corrected chi connectivity index (χ0v) is 21.8. The Kier molecular flexibility index (Phi) is 5.84. The number of benzene rings is 5. The molecule has 2 aromatic heterocycles. The van der Waals surface area contributed by atoms with Crippen LogP contribution in [0.1, 0.15) is 0 Å². The topological polar surface area (TPSA) is 33.6 Å². The van der Waals surface area contributed by atoms with Gasteiger partial charge in [0.2, 0.25) is 0 Å². The summed E-state index contributed by atoms with van der Waals surface area (Å²) < 4.78 is 2.29. The van der Waals surface area contributed by atoms with Crippen molar-refractivity contribution in [1.82, 2.24) is 14.5 Å². The second-order valence-electron chi connectivity index (χ2n) is 9.47. The number of H-pyrrole nitrogens is 1. The molecule has 0 atom stereocenters. The number of para-hydroxylation sites is 2. The number of rotatable bonds is 5. The van der Waals surface area contributed by atoms with Crippen molar-refractivity contribution in [1.29, 1.82) is 0 Å². The van der Waals surface area contributed by atoms with Crippen LogP contribution in [-0.4, -0.2) is 14.5 Å². The number of imidazole rings is 1. The maximum absolute atomic E-state index is 6.47. The first-order chi connectivity index (χ1) is 19.3.